The molecule has 1 aromatic rings. The molecule has 4 N–H and O–H groups in total. The first-order chi connectivity index (χ1) is 14.4. The first-order valence-electron chi connectivity index (χ1n) is 10.6. The number of aliphatic hydroxyl groups is 1. The van der Waals surface area contributed by atoms with Crippen LogP contribution < -0.4 is 10.2 Å². The summed E-state index contributed by atoms with van der Waals surface area (Å²) >= 11 is 0. The van der Waals surface area contributed by atoms with Crippen LogP contribution in [-0.4, -0.2) is 90.2 Å². The van der Waals surface area contributed by atoms with Gasteiger partial charge in [-0.25, -0.2) is 0 Å². The molecule has 0 saturated carbocycles. The molecule has 168 valence electrons. The van der Waals surface area contributed by atoms with Crippen LogP contribution in [0.5, 0.6) is 0 Å². The molecule has 5 atom stereocenters. The lowest BCUT2D eigenvalue weighted by molar-refractivity contribution is -0.909. The molecule has 0 radical (unpaired) electrons. The summed E-state index contributed by atoms with van der Waals surface area (Å²) in [6, 6.07) is 6.08. The van der Waals surface area contributed by atoms with Gasteiger partial charge in [0.1, 0.15) is 31.3 Å². The Balaban J connectivity index is 1.35. The van der Waals surface area contributed by atoms with Crippen molar-refractivity contribution in [2.75, 3.05) is 46.0 Å². The highest BCUT2D eigenvalue weighted by atomic mass is 32.2. The molecule has 0 aromatic heterocycles. The number of aryl methyl sites for hydroxylation is 1. The Hall–Kier alpha value is -1.11. The minimum atomic E-state index is -4.05. The van der Waals surface area contributed by atoms with Crippen molar-refractivity contribution in [3.8, 4) is 0 Å². The van der Waals surface area contributed by atoms with Crippen molar-refractivity contribution in [1.82, 2.24) is 0 Å². The highest BCUT2D eigenvalue weighted by Crippen LogP contribution is 2.31. The van der Waals surface area contributed by atoms with E-state index >= 15 is 0 Å². The molecule has 2 bridgehead atoms. The van der Waals surface area contributed by atoms with Gasteiger partial charge in [0.25, 0.3) is 10.1 Å². The minimum Gasteiger partial charge on any atom is -0.384 e. The monoisotopic (exact) mass is 444 g/mol. The summed E-state index contributed by atoms with van der Waals surface area (Å²) in [5, 5.41) is 12.9. The molecular weight excluding hydrogens is 412 g/mol. The molecule has 4 rings (SSSR count). The lowest BCUT2D eigenvalue weighted by atomic mass is 9.98. The van der Waals surface area contributed by atoms with Crippen LogP contribution in [0.3, 0.4) is 0 Å². The number of morpholine rings is 1. The molecule has 0 unspecified atom stereocenters. The Kier molecular flexibility index (Phi) is 7.05. The van der Waals surface area contributed by atoms with E-state index in [0.717, 1.165) is 51.4 Å². The van der Waals surface area contributed by atoms with E-state index in [-0.39, 0.29) is 17.0 Å². The van der Waals surface area contributed by atoms with Crippen LogP contribution in [0, 0.1) is 6.92 Å². The van der Waals surface area contributed by atoms with Crippen LogP contribution in [0.2, 0.25) is 0 Å². The number of nitrogens with one attached hydrogen (secondary N) is 1. The Morgan fingerprint density at radius 1 is 1.23 bits per heavy atom. The molecule has 3 heterocycles. The fraction of sp³-hybridized carbons (Fsp3) is 0.700. The van der Waals surface area contributed by atoms with E-state index in [2.05, 4.69) is 0 Å². The summed E-state index contributed by atoms with van der Waals surface area (Å²) in [6.07, 6.45) is -2.27. The SMILES string of the molecule is Cc1ccc(S(=O)(=O)O[C@@H]2[C@@H]3OC[C@@H](O3)[C@H]([NH2+]CCC[NH+]3CCOCC3)[C@@H]2O)cc1. The van der Waals surface area contributed by atoms with Crippen molar-refractivity contribution in [3.05, 3.63) is 29.8 Å². The summed E-state index contributed by atoms with van der Waals surface area (Å²) in [5.41, 5.74) is 0.950. The third-order valence-corrected chi connectivity index (χ3v) is 7.41. The lowest BCUT2D eigenvalue weighted by Crippen LogP contribution is -3.14. The maximum absolute atomic E-state index is 12.7. The number of nitrogens with two attached hydrogens (primary N) is 1. The zero-order valence-electron chi connectivity index (χ0n) is 17.2. The van der Waals surface area contributed by atoms with Crippen LogP contribution in [0.4, 0.5) is 0 Å². The van der Waals surface area contributed by atoms with Gasteiger partial charge in [-0.3, -0.25) is 4.18 Å². The molecule has 3 fully saturated rings. The highest BCUT2D eigenvalue weighted by molar-refractivity contribution is 7.86. The van der Waals surface area contributed by atoms with Crippen molar-refractivity contribution in [2.45, 2.75) is 48.9 Å². The lowest BCUT2D eigenvalue weighted by Gasteiger charge is -2.35. The average Bonchev–Trinajstić information content (AvgIpc) is 3.18. The molecule has 10 heteroatoms. The van der Waals surface area contributed by atoms with Gasteiger partial charge in [-0.1, -0.05) is 17.7 Å². The van der Waals surface area contributed by atoms with E-state index in [9.17, 15) is 13.5 Å². The number of benzene rings is 1. The van der Waals surface area contributed by atoms with E-state index in [0.29, 0.717) is 6.61 Å². The molecule has 0 aliphatic carbocycles. The van der Waals surface area contributed by atoms with Crippen LogP contribution >= 0.6 is 0 Å². The standard InChI is InChI=1S/C20H30N2O7S/c1-14-3-5-15(6-4-14)30(24,25)29-19-18(23)17(16-13-27-20(19)28-16)21-7-2-8-22-9-11-26-12-10-22/h3-6,16-21,23H,2,7-13H2,1H3/p+2/t16-,17+,18+,19+,20-/m1/s1. The zero-order chi connectivity index (χ0) is 21.1. The number of quaternary nitrogens is 2. The first-order valence-corrected chi connectivity index (χ1v) is 12.0. The fourth-order valence-electron chi connectivity index (χ4n) is 4.29. The third kappa shape index (κ3) is 5.03. The quantitative estimate of drug-likeness (QED) is 0.298. The largest absolute Gasteiger partial charge is 0.384 e. The summed E-state index contributed by atoms with van der Waals surface area (Å²) < 4.78 is 47.6. The maximum Gasteiger partial charge on any atom is 0.297 e. The van der Waals surface area contributed by atoms with E-state index < -0.39 is 28.6 Å². The maximum atomic E-state index is 12.7. The van der Waals surface area contributed by atoms with Crippen molar-refractivity contribution < 1.29 is 42.1 Å². The third-order valence-electron chi connectivity index (χ3n) is 6.08. The van der Waals surface area contributed by atoms with Gasteiger partial charge >= 0.3 is 0 Å². The van der Waals surface area contributed by atoms with Gasteiger partial charge in [0, 0.05) is 6.42 Å². The molecule has 0 amide bonds. The highest BCUT2D eigenvalue weighted by Gasteiger charge is 2.54. The van der Waals surface area contributed by atoms with Crippen molar-refractivity contribution in [3.63, 3.8) is 0 Å². The van der Waals surface area contributed by atoms with Gasteiger partial charge in [-0.15, -0.1) is 0 Å². The van der Waals surface area contributed by atoms with Gasteiger partial charge in [0.15, 0.2) is 12.4 Å². The minimum absolute atomic E-state index is 0.0504. The Labute approximate surface area is 177 Å². The molecule has 3 aliphatic heterocycles. The van der Waals surface area contributed by atoms with Crippen LogP contribution in [0.1, 0.15) is 12.0 Å². The second-order valence-electron chi connectivity index (χ2n) is 8.26. The van der Waals surface area contributed by atoms with Gasteiger partial charge in [0.2, 0.25) is 0 Å². The van der Waals surface area contributed by atoms with Gasteiger partial charge in [-0.2, -0.15) is 8.42 Å². The van der Waals surface area contributed by atoms with E-state index in [4.69, 9.17) is 18.4 Å². The molecule has 0 spiro atoms. The van der Waals surface area contributed by atoms with E-state index in [1.165, 1.54) is 17.0 Å². The second-order valence-corrected chi connectivity index (χ2v) is 9.83. The molecule has 30 heavy (non-hydrogen) atoms. The predicted molar refractivity (Wildman–Crippen MR) is 105 cm³/mol. The number of ether oxygens (including phenoxy) is 3. The molecule has 9 nitrogen and oxygen atoms in total. The zero-order valence-corrected chi connectivity index (χ0v) is 18.1. The number of rotatable bonds is 8. The normalized spacial score (nSPS) is 32.4. The first kappa shape index (κ1) is 22.1. The Morgan fingerprint density at radius 3 is 2.70 bits per heavy atom. The van der Waals surface area contributed by atoms with Gasteiger partial charge in [-0.05, 0) is 19.1 Å². The van der Waals surface area contributed by atoms with Crippen molar-refractivity contribution >= 4 is 10.1 Å². The number of hydrogen-bond donors (Lipinski definition) is 3. The molecule has 1 aromatic carbocycles. The average molecular weight is 445 g/mol. The second kappa shape index (κ2) is 9.58. The van der Waals surface area contributed by atoms with Crippen LogP contribution in [0.25, 0.3) is 0 Å². The Bertz CT molecular complexity index is 798. The predicted octanol–water partition coefficient (Wildman–Crippen LogP) is -2.58. The summed E-state index contributed by atoms with van der Waals surface area (Å²) in [5.74, 6) is 0. The summed E-state index contributed by atoms with van der Waals surface area (Å²) in [4.78, 5) is 1.58. The van der Waals surface area contributed by atoms with Gasteiger partial charge < -0.3 is 29.5 Å². The Morgan fingerprint density at radius 2 is 1.97 bits per heavy atom. The van der Waals surface area contributed by atoms with Crippen LogP contribution in [-0.2, 0) is 28.5 Å². The number of hydrogen-bond acceptors (Lipinski definition) is 7. The molecule has 3 aliphatic rings. The van der Waals surface area contributed by atoms with E-state index in [1.54, 1.807) is 12.1 Å². The number of fused-ring (bicyclic) bond motifs is 2. The smallest absolute Gasteiger partial charge is 0.297 e. The fourth-order valence-corrected chi connectivity index (χ4v) is 5.36. The van der Waals surface area contributed by atoms with Crippen molar-refractivity contribution in [2.24, 2.45) is 0 Å². The van der Waals surface area contributed by atoms with Crippen molar-refractivity contribution in [1.29, 1.82) is 0 Å². The van der Waals surface area contributed by atoms with Gasteiger partial charge in [0.05, 0.1) is 37.8 Å². The topological polar surface area (TPSA) is 112 Å². The summed E-state index contributed by atoms with van der Waals surface area (Å²) in [7, 11) is -4.05. The van der Waals surface area contributed by atoms with Crippen LogP contribution in [0.15, 0.2) is 29.2 Å². The van der Waals surface area contributed by atoms with E-state index in [1.807, 2.05) is 12.2 Å². The molecular formula is C20H32N2O7S+2. The number of aliphatic hydroxyl groups excluding tert-OH is 1. The molecule has 3 saturated heterocycles. The summed E-state index contributed by atoms with van der Waals surface area (Å²) in [6.45, 7) is 7.74.